The van der Waals surface area contributed by atoms with Gasteiger partial charge in [-0.15, -0.1) is 0 Å². The fourth-order valence-electron chi connectivity index (χ4n) is 2.69. The summed E-state index contributed by atoms with van der Waals surface area (Å²) in [5.41, 5.74) is 1.50. The van der Waals surface area contributed by atoms with Crippen molar-refractivity contribution in [1.29, 1.82) is 0 Å². The van der Waals surface area contributed by atoms with E-state index < -0.39 is 0 Å². The normalized spacial score (nSPS) is 18.3. The van der Waals surface area contributed by atoms with Crippen LogP contribution in [0.3, 0.4) is 0 Å². The van der Waals surface area contributed by atoms with Crippen LogP contribution in [0.1, 0.15) is 80.1 Å². The van der Waals surface area contributed by atoms with Gasteiger partial charge in [-0.3, -0.25) is 0 Å². The standard InChI is InChI=1S/C20H26O2/c21-20-19-15-12-14-18(17-19)13-10-8-6-4-2-1-3-5-7-9-11-16-22-20/h12,14-15,17H,1-9,11,16H2. The van der Waals surface area contributed by atoms with Crippen molar-refractivity contribution < 1.29 is 9.53 Å². The molecule has 0 aromatic heterocycles. The maximum atomic E-state index is 12.0. The van der Waals surface area contributed by atoms with E-state index in [1.54, 1.807) is 6.07 Å². The Kier molecular flexibility index (Phi) is 7.60. The maximum absolute atomic E-state index is 12.0. The van der Waals surface area contributed by atoms with Gasteiger partial charge in [-0.1, -0.05) is 62.9 Å². The zero-order chi connectivity index (χ0) is 15.5. The van der Waals surface area contributed by atoms with E-state index in [0.717, 1.165) is 24.8 Å². The highest BCUT2D eigenvalue weighted by atomic mass is 16.5. The van der Waals surface area contributed by atoms with Gasteiger partial charge in [0.1, 0.15) is 0 Å². The monoisotopic (exact) mass is 298 g/mol. The number of carbonyl (C=O) groups is 1. The van der Waals surface area contributed by atoms with Crippen LogP contribution in [0, 0.1) is 11.8 Å². The quantitative estimate of drug-likeness (QED) is 0.491. The van der Waals surface area contributed by atoms with Crippen LogP contribution in [0.15, 0.2) is 24.3 Å². The van der Waals surface area contributed by atoms with Crippen molar-refractivity contribution in [1.82, 2.24) is 0 Å². The number of fused-ring (bicyclic) bond motifs is 2. The van der Waals surface area contributed by atoms with Gasteiger partial charge < -0.3 is 4.74 Å². The van der Waals surface area contributed by atoms with E-state index in [0.29, 0.717) is 12.2 Å². The first-order valence-corrected chi connectivity index (χ1v) is 8.62. The summed E-state index contributed by atoms with van der Waals surface area (Å²) in [6, 6.07) is 7.45. The molecule has 1 aliphatic rings. The Bertz CT molecular complexity index is 522. The van der Waals surface area contributed by atoms with Crippen LogP contribution in [0.5, 0.6) is 0 Å². The minimum Gasteiger partial charge on any atom is -0.462 e. The average Bonchev–Trinajstić information content (AvgIpc) is 2.54. The van der Waals surface area contributed by atoms with Crippen LogP contribution in [0.4, 0.5) is 0 Å². The van der Waals surface area contributed by atoms with Gasteiger partial charge in [-0.2, -0.15) is 0 Å². The summed E-state index contributed by atoms with van der Waals surface area (Å²) in [6.45, 7) is 0.523. The Morgan fingerprint density at radius 3 is 2.32 bits per heavy atom. The number of rotatable bonds is 0. The van der Waals surface area contributed by atoms with Crippen LogP contribution in [-0.4, -0.2) is 12.6 Å². The lowest BCUT2D eigenvalue weighted by molar-refractivity contribution is 0.0497. The van der Waals surface area contributed by atoms with Gasteiger partial charge in [-0.25, -0.2) is 4.79 Å². The van der Waals surface area contributed by atoms with Gasteiger partial charge in [-0.05, 0) is 31.0 Å². The molecule has 118 valence electrons. The lowest BCUT2D eigenvalue weighted by Gasteiger charge is -2.06. The molecule has 0 saturated carbocycles. The molecule has 0 N–H and O–H groups in total. The number of ether oxygens (including phenoxy) is 1. The van der Waals surface area contributed by atoms with Crippen LogP contribution in [0.25, 0.3) is 0 Å². The largest absolute Gasteiger partial charge is 0.462 e. The Balaban J connectivity index is 1.96. The third kappa shape index (κ3) is 6.35. The number of cyclic esters (lactones) is 1. The predicted octanol–water partition coefficient (Wildman–Crippen LogP) is 5.11. The summed E-state index contributed by atoms with van der Waals surface area (Å²) < 4.78 is 5.34. The van der Waals surface area contributed by atoms with Crippen molar-refractivity contribution in [2.75, 3.05) is 6.61 Å². The Hall–Kier alpha value is -1.75. The fourth-order valence-corrected chi connectivity index (χ4v) is 2.69. The molecule has 2 rings (SSSR count). The molecule has 0 amide bonds. The average molecular weight is 298 g/mol. The molecule has 0 spiro atoms. The molecule has 1 heterocycles. The Morgan fingerprint density at radius 2 is 1.55 bits per heavy atom. The molecule has 0 radical (unpaired) electrons. The van der Waals surface area contributed by atoms with E-state index in [9.17, 15) is 4.79 Å². The first kappa shape index (κ1) is 16.6. The molecule has 1 aromatic rings. The number of hydrogen-bond donors (Lipinski definition) is 0. The van der Waals surface area contributed by atoms with E-state index >= 15 is 0 Å². The minimum absolute atomic E-state index is 0.232. The molecule has 22 heavy (non-hydrogen) atoms. The Morgan fingerprint density at radius 1 is 0.864 bits per heavy atom. The van der Waals surface area contributed by atoms with Gasteiger partial charge in [0.15, 0.2) is 0 Å². The maximum Gasteiger partial charge on any atom is 0.338 e. The molecule has 2 bridgehead atoms. The third-order valence-corrected chi connectivity index (χ3v) is 4.01. The zero-order valence-corrected chi connectivity index (χ0v) is 13.4. The molecule has 1 aliphatic heterocycles. The summed E-state index contributed by atoms with van der Waals surface area (Å²) in [4.78, 5) is 12.0. The molecule has 0 aliphatic carbocycles. The molecule has 1 aromatic carbocycles. The van der Waals surface area contributed by atoms with Gasteiger partial charge in [0.2, 0.25) is 0 Å². The third-order valence-electron chi connectivity index (χ3n) is 4.01. The SMILES string of the molecule is O=C1OCCCCCCCCCCCC#Cc2cccc1c2. The molecular weight excluding hydrogens is 272 g/mol. The highest BCUT2D eigenvalue weighted by Crippen LogP contribution is 2.12. The van der Waals surface area contributed by atoms with Gasteiger partial charge >= 0.3 is 5.97 Å². The molecule has 0 atom stereocenters. The summed E-state index contributed by atoms with van der Waals surface area (Å²) in [5.74, 6) is 6.13. The zero-order valence-electron chi connectivity index (χ0n) is 13.4. The highest BCUT2D eigenvalue weighted by molar-refractivity contribution is 5.89. The number of esters is 1. The molecule has 0 fully saturated rings. The second-order valence-corrected chi connectivity index (χ2v) is 5.95. The first-order chi connectivity index (χ1) is 10.9. The van der Waals surface area contributed by atoms with E-state index in [4.69, 9.17) is 4.74 Å². The molecular formula is C20H26O2. The fraction of sp³-hybridized carbons (Fsp3) is 0.550. The summed E-state index contributed by atoms with van der Waals surface area (Å²) in [5, 5.41) is 0. The first-order valence-electron chi connectivity index (χ1n) is 8.62. The second-order valence-electron chi connectivity index (χ2n) is 5.95. The van der Waals surface area contributed by atoms with Crippen molar-refractivity contribution in [3.63, 3.8) is 0 Å². The predicted molar refractivity (Wildman–Crippen MR) is 89.8 cm³/mol. The topological polar surface area (TPSA) is 26.3 Å². The molecule has 2 nitrogen and oxygen atoms in total. The van der Waals surface area contributed by atoms with Crippen molar-refractivity contribution in [2.24, 2.45) is 0 Å². The van der Waals surface area contributed by atoms with Crippen LogP contribution >= 0.6 is 0 Å². The van der Waals surface area contributed by atoms with Gasteiger partial charge in [0.25, 0.3) is 0 Å². The summed E-state index contributed by atoms with van der Waals surface area (Å²) >= 11 is 0. The van der Waals surface area contributed by atoms with Crippen molar-refractivity contribution in [3.05, 3.63) is 35.4 Å². The van der Waals surface area contributed by atoms with E-state index in [2.05, 4.69) is 11.8 Å². The summed E-state index contributed by atoms with van der Waals surface area (Å²) in [7, 11) is 0. The number of carbonyl (C=O) groups excluding carboxylic acids is 1. The second kappa shape index (κ2) is 10.1. The van der Waals surface area contributed by atoms with Gasteiger partial charge in [0.05, 0.1) is 12.2 Å². The lowest BCUT2D eigenvalue weighted by Crippen LogP contribution is -2.06. The van der Waals surface area contributed by atoms with E-state index in [1.165, 1.54) is 44.9 Å². The number of benzene rings is 1. The van der Waals surface area contributed by atoms with Crippen molar-refractivity contribution in [2.45, 2.75) is 64.2 Å². The Labute approximate surface area is 134 Å². The van der Waals surface area contributed by atoms with Crippen LogP contribution < -0.4 is 0 Å². The smallest absolute Gasteiger partial charge is 0.338 e. The molecule has 0 unspecified atom stereocenters. The highest BCUT2D eigenvalue weighted by Gasteiger charge is 2.07. The summed E-state index contributed by atoms with van der Waals surface area (Å²) in [6.07, 6.45) is 12.1. The van der Waals surface area contributed by atoms with E-state index in [1.807, 2.05) is 18.2 Å². The minimum atomic E-state index is -0.232. The van der Waals surface area contributed by atoms with Crippen LogP contribution in [0.2, 0.25) is 0 Å². The van der Waals surface area contributed by atoms with Gasteiger partial charge in [0, 0.05) is 12.0 Å². The molecule has 2 heteroatoms. The van der Waals surface area contributed by atoms with Crippen molar-refractivity contribution >= 4 is 5.97 Å². The van der Waals surface area contributed by atoms with Crippen molar-refractivity contribution in [3.8, 4) is 11.8 Å². The van der Waals surface area contributed by atoms with E-state index in [-0.39, 0.29) is 5.97 Å². The number of hydrogen-bond acceptors (Lipinski definition) is 2. The molecule has 0 saturated heterocycles. The lowest BCUT2D eigenvalue weighted by atomic mass is 10.1. The van der Waals surface area contributed by atoms with Crippen LogP contribution in [-0.2, 0) is 4.74 Å².